The number of nitro groups is 1. The molecule has 1 heterocycles. The first-order valence-electron chi connectivity index (χ1n) is 7.91. The second-order valence-electron chi connectivity index (χ2n) is 5.96. The van der Waals surface area contributed by atoms with Crippen LogP contribution in [-0.2, 0) is 14.8 Å². The summed E-state index contributed by atoms with van der Waals surface area (Å²) in [6, 6.07) is 5.17. The normalized spacial score (nSPS) is 15.6. The fraction of sp³-hybridized carbons (Fsp3) is 0.533. The Balaban J connectivity index is 0.00000338. The first-order chi connectivity index (χ1) is 11.8. The second-order valence-corrected chi connectivity index (χ2v) is 8.00. The van der Waals surface area contributed by atoms with Gasteiger partial charge in [-0.25, -0.2) is 8.42 Å². The molecule has 1 aliphatic heterocycles. The lowest BCUT2D eigenvalue weighted by Gasteiger charge is -2.32. The van der Waals surface area contributed by atoms with Crippen molar-refractivity contribution in [2.45, 2.75) is 23.8 Å². The van der Waals surface area contributed by atoms with E-state index in [-0.39, 0.29) is 35.4 Å². The van der Waals surface area contributed by atoms with E-state index < -0.39 is 14.9 Å². The molecule has 26 heavy (non-hydrogen) atoms. The number of likely N-dealkylation sites (tertiary alicyclic amines) is 1. The van der Waals surface area contributed by atoms with Gasteiger partial charge in [-0.3, -0.25) is 14.9 Å². The number of nitro benzene ring substituents is 1. The van der Waals surface area contributed by atoms with Crippen molar-refractivity contribution >= 4 is 34.0 Å². The number of piperidine rings is 1. The molecule has 0 spiro atoms. The van der Waals surface area contributed by atoms with Crippen molar-refractivity contribution in [1.29, 1.82) is 0 Å². The molecule has 1 aliphatic rings. The Morgan fingerprint density at radius 2 is 2.00 bits per heavy atom. The summed E-state index contributed by atoms with van der Waals surface area (Å²) in [4.78, 5) is 24.0. The van der Waals surface area contributed by atoms with E-state index in [2.05, 4.69) is 5.32 Å². The van der Waals surface area contributed by atoms with E-state index in [0.29, 0.717) is 19.1 Å². The molecular formula is C15H23ClN4O5S. The van der Waals surface area contributed by atoms with E-state index >= 15 is 0 Å². The largest absolute Gasteiger partial charge is 0.341 e. The summed E-state index contributed by atoms with van der Waals surface area (Å²) >= 11 is 0. The van der Waals surface area contributed by atoms with Crippen LogP contribution in [0.25, 0.3) is 0 Å². The maximum atomic E-state index is 12.5. The summed E-state index contributed by atoms with van der Waals surface area (Å²) in [5.41, 5.74) is -0.310. The molecule has 1 aromatic carbocycles. The molecule has 2 rings (SSSR count). The Kier molecular flexibility index (Phi) is 7.94. The van der Waals surface area contributed by atoms with Gasteiger partial charge in [0.25, 0.3) is 5.69 Å². The molecule has 1 fully saturated rings. The van der Waals surface area contributed by atoms with Gasteiger partial charge in [0, 0.05) is 38.3 Å². The Hall–Kier alpha value is -1.75. The van der Waals surface area contributed by atoms with Gasteiger partial charge in [-0.05, 0) is 26.0 Å². The Morgan fingerprint density at radius 3 is 2.54 bits per heavy atom. The summed E-state index contributed by atoms with van der Waals surface area (Å²) < 4.78 is 26.0. The van der Waals surface area contributed by atoms with Crippen molar-refractivity contribution in [2.24, 2.45) is 0 Å². The van der Waals surface area contributed by atoms with Gasteiger partial charge in [-0.2, -0.15) is 4.31 Å². The highest BCUT2D eigenvalue weighted by atomic mass is 35.5. The molecular weight excluding hydrogens is 384 g/mol. The average Bonchev–Trinajstić information content (AvgIpc) is 2.61. The molecule has 0 aromatic heterocycles. The summed E-state index contributed by atoms with van der Waals surface area (Å²) in [6.07, 6.45) is 1.65. The van der Waals surface area contributed by atoms with Crippen LogP contribution in [0.1, 0.15) is 12.8 Å². The zero-order valence-corrected chi connectivity index (χ0v) is 16.3. The van der Waals surface area contributed by atoms with Crippen molar-refractivity contribution in [3.63, 3.8) is 0 Å². The minimum absolute atomic E-state index is 0. The number of benzene rings is 1. The molecule has 0 unspecified atom stereocenters. The van der Waals surface area contributed by atoms with Crippen molar-refractivity contribution < 1.29 is 18.1 Å². The topological polar surface area (TPSA) is 113 Å². The summed E-state index contributed by atoms with van der Waals surface area (Å²) in [5.74, 6) is -0.272. The third-order valence-corrected chi connectivity index (χ3v) is 6.15. The zero-order valence-electron chi connectivity index (χ0n) is 14.6. The van der Waals surface area contributed by atoms with E-state index in [0.717, 1.165) is 23.2 Å². The summed E-state index contributed by atoms with van der Waals surface area (Å²) in [7, 11) is -0.801. The Bertz CT molecular complexity index is 750. The van der Waals surface area contributed by atoms with Crippen LogP contribution in [0.4, 0.5) is 5.69 Å². The maximum absolute atomic E-state index is 12.5. The highest BCUT2D eigenvalue weighted by molar-refractivity contribution is 7.89. The number of nitrogens with zero attached hydrogens (tertiary/aromatic N) is 3. The van der Waals surface area contributed by atoms with Gasteiger partial charge in [0.05, 0.1) is 16.4 Å². The van der Waals surface area contributed by atoms with E-state index in [1.807, 2.05) is 7.05 Å². The molecule has 9 nitrogen and oxygen atoms in total. The first-order valence-corrected chi connectivity index (χ1v) is 9.35. The number of hydrogen-bond acceptors (Lipinski definition) is 6. The fourth-order valence-corrected chi connectivity index (χ4v) is 3.89. The number of sulfonamides is 1. The van der Waals surface area contributed by atoms with E-state index in [4.69, 9.17) is 0 Å². The summed E-state index contributed by atoms with van der Waals surface area (Å²) in [6.45, 7) is 0.860. The quantitative estimate of drug-likeness (QED) is 0.553. The standard InChI is InChI=1S/C15H22N4O5S.ClH/c1-16-12-6-8-18(9-7-12)15(20)11-17(2)25(23,24)14-5-3-4-13(10-14)19(21)22;/h3-5,10,12,16H,6-9,11H2,1-2H3;1H. The van der Waals surface area contributed by atoms with Crippen LogP contribution in [0.5, 0.6) is 0 Å². The lowest BCUT2D eigenvalue weighted by Crippen LogP contribution is -2.47. The molecule has 1 amide bonds. The number of halogens is 1. The monoisotopic (exact) mass is 406 g/mol. The Morgan fingerprint density at radius 1 is 1.38 bits per heavy atom. The van der Waals surface area contributed by atoms with Gasteiger partial charge in [-0.1, -0.05) is 6.07 Å². The highest BCUT2D eigenvalue weighted by Crippen LogP contribution is 2.20. The lowest BCUT2D eigenvalue weighted by molar-refractivity contribution is -0.385. The van der Waals surface area contributed by atoms with Crippen LogP contribution in [0.2, 0.25) is 0 Å². The van der Waals surface area contributed by atoms with E-state index in [1.165, 1.54) is 25.2 Å². The van der Waals surface area contributed by atoms with Gasteiger partial charge in [0.15, 0.2) is 0 Å². The highest BCUT2D eigenvalue weighted by Gasteiger charge is 2.28. The third-order valence-electron chi connectivity index (χ3n) is 4.35. The predicted octanol–water partition coefficient (Wildman–Crippen LogP) is 0.848. The third kappa shape index (κ3) is 5.13. The minimum Gasteiger partial charge on any atom is -0.341 e. The molecule has 146 valence electrons. The van der Waals surface area contributed by atoms with Crippen LogP contribution in [0.15, 0.2) is 29.2 Å². The van der Waals surface area contributed by atoms with E-state index in [1.54, 1.807) is 4.90 Å². The van der Waals surface area contributed by atoms with Gasteiger partial charge < -0.3 is 10.2 Å². The van der Waals surface area contributed by atoms with Crippen LogP contribution >= 0.6 is 12.4 Å². The van der Waals surface area contributed by atoms with Crippen molar-refractivity contribution in [1.82, 2.24) is 14.5 Å². The van der Waals surface area contributed by atoms with Gasteiger partial charge in [-0.15, -0.1) is 12.4 Å². The first kappa shape index (κ1) is 22.3. The number of hydrogen-bond donors (Lipinski definition) is 1. The van der Waals surface area contributed by atoms with E-state index in [9.17, 15) is 23.3 Å². The number of likely N-dealkylation sites (N-methyl/N-ethyl adjacent to an activating group) is 1. The zero-order chi connectivity index (χ0) is 18.6. The smallest absolute Gasteiger partial charge is 0.270 e. The van der Waals surface area contributed by atoms with Crippen LogP contribution in [0, 0.1) is 10.1 Å². The SMILES string of the molecule is CNC1CCN(C(=O)CN(C)S(=O)(=O)c2cccc([N+](=O)[O-])c2)CC1.Cl. The maximum Gasteiger partial charge on any atom is 0.270 e. The molecule has 0 radical (unpaired) electrons. The molecule has 0 saturated carbocycles. The number of carbonyl (C=O) groups is 1. The number of nitrogens with one attached hydrogen (secondary N) is 1. The number of rotatable bonds is 6. The van der Waals surface area contributed by atoms with Crippen LogP contribution in [0.3, 0.4) is 0 Å². The number of non-ortho nitro benzene ring substituents is 1. The van der Waals surface area contributed by atoms with Crippen molar-refractivity contribution in [3.8, 4) is 0 Å². The molecule has 0 atom stereocenters. The van der Waals surface area contributed by atoms with Crippen LogP contribution < -0.4 is 5.32 Å². The minimum atomic E-state index is -3.98. The van der Waals surface area contributed by atoms with Gasteiger partial charge in [0.1, 0.15) is 0 Å². The van der Waals surface area contributed by atoms with Crippen LogP contribution in [-0.4, -0.2) is 68.2 Å². The second kappa shape index (κ2) is 9.26. The number of amides is 1. The Labute approximate surface area is 159 Å². The molecule has 0 aliphatic carbocycles. The molecule has 0 bridgehead atoms. The number of carbonyl (C=O) groups excluding carboxylic acids is 1. The van der Waals surface area contributed by atoms with Gasteiger partial charge >= 0.3 is 0 Å². The van der Waals surface area contributed by atoms with Crippen molar-refractivity contribution in [2.75, 3.05) is 33.7 Å². The molecule has 1 aromatic rings. The lowest BCUT2D eigenvalue weighted by atomic mass is 10.1. The van der Waals surface area contributed by atoms with Crippen molar-refractivity contribution in [3.05, 3.63) is 34.4 Å². The average molecular weight is 407 g/mol. The van der Waals surface area contributed by atoms with Gasteiger partial charge in [0.2, 0.25) is 15.9 Å². The fourth-order valence-electron chi connectivity index (χ4n) is 2.73. The predicted molar refractivity (Wildman–Crippen MR) is 98.8 cm³/mol. The molecule has 1 saturated heterocycles. The molecule has 11 heteroatoms. The molecule has 1 N–H and O–H groups in total. The summed E-state index contributed by atoms with van der Waals surface area (Å²) in [5, 5.41) is 14.0.